The summed E-state index contributed by atoms with van der Waals surface area (Å²) in [5.74, 6) is 1.49. The van der Waals surface area contributed by atoms with E-state index >= 15 is 0 Å². The zero-order valence-electron chi connectivity index (χ0n) is 14.5. The minimum atomic E-state index is -4.48. The summed E-state index contributed by atoms with van der Waals surface area (Å²) in [4.78, 5) is 7.17. The third-order valence-electron chi connectivity index (χ3n) is 5.24. The van der Waals surface area contributed by atoms with E-state index in [4.69, 9.17) is 16.3 Å². The van der Waals surface area contributed by atoms with Gasteiger partial charge < -0.3 is 14.5 Å². The molecule has 4 rings (SSSR count). The number of allylic oxidation sites excluding steroid dienone is 2. The standard InChI is InChI=1S/C18H19ClF3N3O/c1-24-7-5-10(6-8-24)13-4-3-11-9-12(19)14-15(16(11)26-13)25(2)17(23-14)18(20,21)22/h3-4,9-10,17H,5-8H2,1-2H3. The van der Waals surface area contributed by atoms with Crippen LogP contribution in [0.1, 0.15) is 12.8 Å². The minimum Gasteiger partial charge on any atom is -0.459 e. The van der Waals surface area contributed by atoms with E-state index in [2.05, 4.69) is 16.9 Å². The Morgan fingerprint density at radius 2 is 1.88 bits per heavy atom. The molecular formula is C18H19ClF3N3O. The first-order valence-electron chi connectivity index (χ1n) is 8.54. The Labute approximate surface area is 154 Å². The van der Waals surface area contributed by atoms with Crippen molar-refractivity contribution in [2.24, 2.45) is 10.9 Å². The van der Waals surface area contributed by atoms with Crippen molar-refractivity contribution in [1.82, 2.24) is 4.90 Å². The number of fused-ring (bicyclic) bond motifs is 3. The molecule has 0 bridgehead atoms. The number of nitrogens with zero attached hydrogens (tertiary/aromatic N) is 3. The van der Waals surface area contributed by atoms with Gasteiger partial charge in [0.1, 0.15) is 16.8 Å². The minimum absolute atomic E-state index is 0.147. The summed E-state index contributed by atoms with van der Waals surface area (Å²) >= 11 is 6.20. The normalized spacial score (nSPS) is 23.5. The van der Waals surface area contributed by atoms with Gasteiger partial charge in [0.25, 0.3) is 0 Å². The van der Waals surface area contributed by atoms with Crippen LogP contribution in [0.5, 0.6) is 5.75 Å². The number of rotatable bonds is 1. The number of anilines is 1. The van der Waals surface area contributed by atoms with Crippen LogP contribution < -0.4 is 20.2 Å². The van der Waals surface area contributed by atoms with Gasteiger partial charge in [-0.2, -0.15) is 13.2 Å². The van der Waals surface area contributed by atoms with Crippen LogP contribution in [0.25, 0.3) is 6.08 Å². The summed E-state index contributed by atoms with van der Waals surface area (Å²) in [7, 11) is 3.46. The third-order valence-corrected chi connectivity index (χ3v) is 5.53. The molecule has 0 amide bonds. The molecule has 0 saturated carbocycles. The van der Waals surface area contributed by atoms with Gasteiger partial charge in [0.15, 0.2) is 5.75 Å². The first-order chi connectivity index (χ1) is 12.3. The Morgan fingerprint density at radius 1 is 1.19 bits per heavy atom. The lowest BCUT2D eigenvalue weighted by atomic mass is 9.94. The lowest BCUT2D eigenvalue weighted by Crippen LogP contribution is -2.40. The molecule has 1 aromatic rings. The van der Waals surface area contributed by atoms with Crippen LogP contribution in [0.3, 0.4) is 0 Å². The van der Waals surface area contributed by atoms with Crippen molar-refractivity contribution in [2.45, 2.75) is 25.2 Å². The number of benzene rings is 1. The number of alkyl halides is 3. The summed E-state index contributed by atoms with van der Waals surface area (Å²) < 4.78 is 46.0. The second-order valence-corrected chi connectivity index (χ2v) is 7.45. The third kappa shape index (κ3) is 2.87. The van der Waals surface area contributed by atoms with Crippen LogP contribution in [0, 0.1) is 5.92 Å². The largest absolute Gasteiger partial charge is 0.459 e. The number of piperidine rings is 1. The molecule has 0 spiro atoms. The smallest absolute Gasteiger partial charge is 0.429 e. The molecule has 1 unspecified atom stereocenters. The molecule has 1 aromatic carbocycles. The molecule has 0 aliphatic carbocycles. The summed E-state index contributed by atoms with van der Waals surface area (Å²) in [5.41, 5.74) is 0.310. The van der Waals surface area contributed by atoms with Crippen molar-refractivity contribution in [3.8, 4) is 5.75 Å². The van der Waals surface area contributed by atoms with Crippen molar-refractivity contribution < 1.29 is 17.9 Å². The second-order valence-electron chi connectivity index (χ2n) is 7.04. The van der Waals surface area contributed by atoms with Crippen molar-refractivity contribution >= 4 is 23.4 Å². The second kappa shape index (κ2) is 6.16. The van der Waals surface area contributed by atoms with Crippen LogP contribution in [-0.2, 0) is 0 Å². The van der Waals surface area contributed by atoms with Crippen LogP contribution in [0.2, 0.25) is 5.02 Å². The topological polar surface area (TPSA) is 28.1 Å². The van der Waals surface area contributed by atoms with E-state index in [0.717, 1.165) is 36.6 Å². The molecular weight excluding hydrogens is 367 g/mol. The van der Waals surface area contributed by atoms with Gasteiger partial charge in [-0.05, 0) is 51.2 Å². The van der Waals surface area contributed by atoms with Gasteiger partial charge in [-0.1, -0.05) is 11.6 Å². The molecule has 3 aliphatic heterocycles. The number of hydrogen-bond acceptors (Lipinski definition) is 4. The first kappa shape index (κ1) is 17.7. The fraction of sp³-hybridized carbons (Fsp3) is 0.500. The molecule has 0 aromatic heterocycles. The van der Waals surface area contributed by atoms with Crippen LogP contribution in [0.4, 0.5) is 18.9 Å². The van der Waals surface area contributed by atoms with E-state index in [-0.39, 0.29) is 16.3 Å². The summed E-state index contributed by atoms with van der Waals surface area (Å²) in [5, 5.41) is 1.02. The van der Waals surface area contributed by atoms with Crippen molar-refractivity contribution in [1.29, 1.82) is 0 Å². The van der Waals surface area contributed by atoms with Gasteiger partial charge in [0, 0.05) is 18.2 Å². The molecule has 140 valence electrons. The van der Waals surface area contributed by atoms with E-state index in [9.17, 15) is 13.2 Å². The van der Waals surface area contributed by atoms with Gasteiger partial charge in [-0.25, -0.2) is 4.99 Å². The van der Waals surface area contributed by atoms with Crippen LogP contribution in [0.15, 0.2) is 22.9 Å². The Morgan fingerprint density at radius 3 is 2.54 bits per heavy atom. The average molecular weight is 386 g/mol. The highest BCUT2D eigenvalue weighted by molar-refractivity contribution is 6.30. The molecule has 26 heavy (non-hydrogen) atoms. The molecule has 4 nitrogen and oxygen atoms in total. The molecule has 3 heterocycles. The Balaban J connectivity index is 1.73. The predicted molar refractivity (Wildman–Crippen MR) is 93.9 cm³/mol. The Hall–Kier alpha value is -1.73. The van der Waals surface area contributed by atoms with Crippen molar-refractivity contribution in [3.63, 3.8) is 0 Å². The van der Waals surface area contributed by atoms with E-state index in [1.165, 1.54) is 7.05 Å². The highest BCUT2D eigenvalue weighted by atomic mass is 35.5. The van der Waals surface area contributed by atoms with E-state index in [1.807, 2.05) is 12.2 Å². The fourth-order valence-electron chi connectivity index (χ4n) is 3.77. The maximum absolute atomic E-state index is 13.3. The van der Waals surface area contributed by atoms with Gasteiger partial charge >= 0.3 is 6.18 Å². The zero-order chi connectivity index (χ0) is 18.6. The Kier molecular flexibility index (Phi) is 4.19. The van der Waals surface area contributed by atoms with Gasteiger partial charge in [-0.3, -0.25) is 0 Å². The Bertz CT molecular complexity index is 888. The average Bonchev–Trinajstić information content (AvgIpc) is 2.94. The maximum atomic E-state index is 13.3. The molecule has 0 radical (unpaired) electrons. The molecule has 1 saturated heterocycles. The molecule has 8 heteroatoms. The molecule has 1 atom stereocenters. The van der Waals surface area contributed by atoms with Gasteiger partial charge in [0.05, 0.1) is 5.02 Å². The lowest BCUT2D eigenvalue weighted by Gasteiger charge is -2.32. The SMILES string of the molecule is CN1CCC(C2=CC=c3cc(Cl)c4c(c3O2)N(C)C(C(F)(F)F)N=4)CC1. The molecule has 0 N–H and O–H groups in total. The van der Waals surface area contributed by atoms with Crippen LogP contribution in [-0.4, -0.2) is 44.4 Å². The summed E-state index contributed by atoms with van der Waals surface area (Å²) in [6.45, 7) is 1.95. The lowest BCUT2D eigenvalue weighted by molar-refractivity contribution is -0.145. The monoisotopic (exact) mass is 385 g/mol. The fourth-order valence-corrected chi connectivity index (χ4v) is 4.02. The zero-order valence-corrected chi connectivity index (χ0v) is 15.2. The maximum Gasteiger partial charge on any atom is 0.429 e. The van der Waals surface area contributed by atoms with E-state index in [1.54, 1.807) is 6.07 Å². The summed E-state index contributed by atoms with van der Waals surface area (Å²) in [6.07, 6.45) is -0.710. The molecule has 3 aliphatic rings. The van der Waals surface area contributed by atoms with Crippen molar-refractivity contribution in [2.75, 3.05) is 32.1 Å². The van der Waals surface area contributed by atoms with Gasteiger partial charge in [0.2, 0.25) is 6.17 Å². The highest BCUT2D eigenvalue weighted by Gasteiger charge is 2.47. The number of ether oxygens (including phenoxy) is 1. The van der Waals surface area contributed by atoms with E-state index in [0.29, 0.717) is 16.7 Å². The number of halogens is 4. The van der Waals surface area contributed by atoms with Crippen LogP contribution >= 0.6 is 11.6 Å². The number of hydrogen-bond donors (Lipinski definition) is 0. The highest BCUT2D eigenvalue weighted by Crippen LogP contribution is 2.37. The quantitative estimate of drug-likeness (QED) is 0.744. The van der Waals surface area contributed by atoms with E-state index < -0.39 is 12.3 Å². The molecule has 1 fully saturated rings. The first-order valence-corrected chi connectivity index (χ1v) is 8.91. The summed E-state index contributed by atoms with van der Waals surface area (Å²) in [6, 6.07) is 1.62. The van der Waals surface area contributed by atoms with Gasteiger partial charge in [-0.15, -0.1) is 0 Å². The number of likely N-dealkylation sites (tertiary alicyclic amines) is 1. The predicted octanol–water partition coefficient (Wildman–Crippen LogP) is 2.70. The van der Waals surface area contributed by atoms with Crippen molar-refractivity contribution in [3.05, 3.63) is 33.5 Å².